The van der Waals surface area contributed by atoms with Crippen molar-refractivity contribution in [3.05, 3.63) is 23.1 Å². The predicted octanol–water partition coefficient (Wildman–Crippen LogP) is 2.18. The first-order chi connectivity index (χ1) is 7.74. The van der Waals surface area contributed by atoms with Crippen LogP contribution in [0.3, 0.4) is 0 Å². The Hall–Kier alpha value is -0.910. The van der Waals surface area contributed by atoms with E-state index in [-0.39, 0.29) is 10.4 Å². The molecule has 0 aliphatic rings. The molecule has 7 heteroatoms. The summed E-state index contributed by atoms with van der Waals surface area (Å²) in [4.78, 5) is 3.88. The van der Waals surface area contributed by atoms with Crippen LogP contribution < -0.4 is 5.32 Å². The summed E-state index contributed by atoms with van der Waals surface area (Å²) in [6.07, 6.45) is 2.64. The highest BCUT2D eigenvalue weighted by atomic mass is 35.5. The maximum atomic E-state index is 5.75. The van der Waals surface area contributed by atoms with Crippen molar-refractivity contribution < 1.29 is 4.74 Å². The molecule has 16 heavy (non-hydrogen) atoms. The summed E-state index contributed by atoms with van der Waals surface area (Å²) in [6.45, 7) is 5.37. The number of hydrogen-bond donors (Lipinski definition) is 1. The third kappa shape index (κ3) is 4.74. The van der Waals surface area contributed by atoms with Gasteiger partial charge < -0.3 is 10.1 Å². The summed E-state index contributed by atoms with van der Waals surface area (Å²) in [7, 11) is 0. The molecule has 1 aromatic heterocycles. The van der Waals surface area contributed by atoms with Gasteiger partial charge in [-0.15, -0.1) is 16.8 Å². The van der Waals surface area contributed by atoms with E-state index in [4.69, 9.17) is 27.9 Å². The van der Waals surface area contributed by atoms with Crippen LogP contribution in [0.15, 0.2) is 12.7 Å². The SMILES string of the molecule is C=CCCOCCNc1nc(Cl)nnc1Cl. The zero-order valence-electron chi connectivity index (χ0n) is 8.62. The van der Waals surface area contributed by atoms with Gasteiger partial charge in [-0.25, -0.2) is 0 Å². The molecule has 0 aliphatic heterocycles. The molecule has 0 aliphatic carbocycles. The van der Waals surface area contributed by atoms with Crippen molar-refractivity contribution >= 4 is 29.0 Å². The van der Waals surface area contributed by atoms with E-state index < -0.39 is 0 Å². The Kier molecular flexibility index (Phi) is 6.07. The van der Waals surface area contributed by atoms with Crippen molar-refractivity contribution in [2.45, 2.75) is 6.42 Å². The quantitative estimate of drug-likeness (QED) is 0.603. The van der Waals surface area contributed by atoms with Crippen molar-refractivity contribution in [2.75, 3.05) is 25.1 Å². The molecular formula is C9H12Cl2N4O. The minimum Gasteiger partial charge on any atom is -0.379 e. The molecule has 0 saturated carbocycles. The molecule has 88 valence electrons. The Bertz CT molecular complexity index is 348. The molecule has 1 heterocycles. The van der Waals surface area contributed by atoms with Crippen molar-refractivity contribution in [3.63, 3.8) is 0 Å². The Morgan fingerprint density at radius 1 is 1.31 bits per heavy atom. The minimum atomic E-state index is 0.0551. The van der Waals surface area contributed by atoms with Crippen LogP contribution in [0.4, 0.5) is 5.82 Å². The highest BCUT2D eigenvalue weighted by Gasteiger charge is 2.04. The van der Waals surface area contributed by atoms with Crippen molar-refractivity contribution in [1.29, 1.82) is 0 Å². The van der Waals surface area contributed by atoms with Gasteiger partial charge in [-0.2, -0.15) is 4.98 Å². The van der Waals surface area contributed by atoms with Gasteiger partial charge in [0.05, 0.1) is 13.2 Å². The van der Waals surface area contributed by atoms with Gasteiger partial charge >= 0.3 is 0 Å². The highest BCUT2D eigenvalue weighted by molar-refractivity contribution is 6.32. The van der Waals surface area contributed by atoms with Crippen LogP contribution in [0, 0.1) is 0 Å². The molecule has 0 atom stereocenters. The lowest BCUT2D eigenvalue weighted by Crippen LogP contribution is -2.12. The standard InChI is InChI=1S/C9H12Cl2N4O/c1-2-3-5-16-6-4-12-8-7(10)14-15-9(11)13-8/h2H,1,3-6H2,(H,12,13,15). The van der Waals surface area contributed by atoms with Crippen molar-refractivity contribution in [3.8, 4) is 0 Å². The molecular weight excluding hydrogens is 251 g/mol. The second-order valence-corrected chi connectivity index (χ2v) is 3.53. The number of ether oxygens (including phenoxy) is 1. The van der Waals surface area contributed by atoms with Crippen LogP contribution in [0.5, 0.6) is 0 Å². The van der Waals surface area contributed by atoms with Gasteiger partial charge in [0, 0.05) is 6.54 Å². The molecule has 0 spiro atoms. The average Bonchev–Trinajstić information content (AvgIpc) is 2.28. The molecule has 1 N–H and O–H groups in total. The monoisotopic (exact) mass is 262 g/mol. The fraction of sp³-hybridized carbons (Fsp3) is 0.444. The molecule has 1 rings (SSSR count). The Balaban J connectivity index is 2.26. The number of halogens is 2. The highest BCUT2D eigenvalue weighted by Crippen LogP contribution is 2.15. The summed E-state index contributed by atoms with van der Waals surface area (Å²) in [5.41, 5.74) is 0. The van der Waals surface area contributed by atoms with E-state index in [1.54, 1.807) is 6.08 Å². The van der Waals surface area contributed by atoms with Crippen LogP contribution in [0.25, 0.3) is 0 Å². The molecule has 0 radical (unpaired) electrons. The Morgan fingerprint density at radius 3 is 2.88 bits per heavy atom. The van der Waals surface area contributed by atoms with E-state index in [2.05, 4.69) is 27.1 Å². The molecule has 5 nitrogen and oxygen atoms in total. The number of aromatic nitrogens is 3. The lowest BCUT2D eigenvalue weighted by molar-refractivity contribution is 0.149. The first kappa shape index (κ1) is 13.2. The van der Waals surface area contributed by atoms with Crippen LogP contribution in [0.1, 0.15) is 6.42 Å². The lowest BCUT2D eigenvalue weighted by Gasteiger charge is -2.06. The van der Waals surface area contributed by atoms with Crippen molar-refractivity contribution in [1.82, 2.24) is 15.2 Å². The molecule has 0 saturated heterocycles. The van der Waals surface area contributed by atoms with Gasteiger partial charge in [0.15, 0.2) is 11.0 Å². The second kappa shape index (κ2) is 7.38. The minimum absolute atomic E-state index is 0.0551. The number of nitrogens with zero attached hydrogens (tertiary/aromatic N) is 3. The zero-order valence-corrected chi connectivity index (χ0v) is 10.1. The smallest absolute Gasteiger partial charge is 0.245 e. The maximum absolute atomic E-state index is 5.75. The summed E-state index contributed by atoms with van der Waals surface area (Å²) >= 11 is 11.3. The largest absolute Gasteiger partial charge is 0.379 e. The van der Waals surface area contributed by atoms with Crippen molar-refractivity contribution in [2.24, 2.45) is 0 Å². The third-order valence-corrected chi connectivity index (χ3v) is 2.04. The first-order valence-electron chi connectivity index (χ1n) is 4.72. The number of rotatable bonds is 7. The van der Waals surface area contributed by atoms with Crippen LogP contribution in [-0.2, 0) is 4.74 Å². The van der Waals surface area contributed by atoms with E-state index in [1.165, 1.54) is 0 Å². The van der Waals surface area contributed by atoms with E-state index >= 15 is 0 Å². The van der Waals surface area contributed by atoms with Crippen LogP contribution in [-0.4, -0.2) is 34.9 Å². The Morgan fingerprint density at radius 2 is 2.12 bits per heavy atom. The van der Waals surface area contributed by atoms with Gasteiger partial charge in [-0.1, -0.05) is 17.7 Å². The molecule has 0 bridgehead atoms. The van der Waals surface area contributed by atoms with Crippen LogP contribution in [0.2, 0.25) is 10.4 Å². The first-order valence-corrected chi connectivity index (χ1v) is 5.48. The maximum Gasteiger partial charge on any atom is 0.245 e. The second-order valence-electron chi connectivity index (χ2n) is 2.84. The number of hydrogen-bond acceptors (Lipinski definition) is 5. The van der Waals surface area contributed by atoms with Gasteiger partial charge in [-0.3, -0.25) is 0 Å². The summed E-state index contributed by atoms with van der Waals surface area (Å²) in [5, 5.41) is 10.3. The molecule has 0 aromatic carbocycles. The fourth-order valence-electron chi connectivity index (χ4n) is 0.916. The molecule has 0 fully saturated rings. The zero-order chi connectivity index (χ0) is 11.8. The van der Waals surface area contributed by atoms with Gasteiger partial charge in [-0.05, 0) is 18.0 Å². The van der Waals surface area contributed by atoms with Crippen LogP contribution >= 0.6 is 23.2 Å². The summed E-state index contributed by atoms with van der Waals surface area (Å²) in [6, 6.07) is 0. The normalized spacial score (nSPS) is 10.1. The number of anilines is 1. The summed E-state index contributed by atoms with van der Waals surface area (Å²) < 4.78 is 5.29. The molecule has 0 amide bonds. The Labute approximate surface area is 104 Å². The number of nitrogens with one attached hydrogen (secondary N) is 1. The van der Waals surface area contributed by atoms with E-state index in [0.717, 1.165) is 6.42 Å². The van der Waals surface area contributed by atoms with E-state index in [1.807, 2.05) is 0 Å². The topological polar surface area (TPSA) is 59.9 Å². The van der Waals surface area contributed by atoms with E-state index in [9.17, 15) is 0 Å². The van der Waals surface area contributed by atoms with Gasteiger partial charge in [0.25, 0.3) is 0 Å². The molecule has 0 unspecified atom stereocenters. The van der Waals surface area contributed by atoms with E-state index in [0.29, 0.717) is 25.6 Å². The molecule has 1 aromatic rings. The van der Waals surface area contributed by atoms with Gasteiger partial charge in [0.2, 0.25) is 5.28 Å². The lowest BCUT2D eigenvalue weighted by atomic mass is 10.4. The third-order valence-electron chi connectivity index (χ3n) is 1.62. The average molecular weight is 263 g/mol. The fourth-order valence-corrected chi connectivity index (χ4v) is 1.19. The van der Waals surface area contributed by atoms with Gasteiger partial charge in [0.1, 0.15) is 0 Å². The predicted molar refractivity (Wildman–Crippen MR) is 64.0 cm³/mol. The summed E-state index contributed by atoms with van der Waals surface area (Å²) in [5.74, 6) is 0.411.